The fourth-order valence-electron chi connectivity index (χ4n) is 1.86. The number of aliphatic imine (C=N–C) groups is 1. The predicted molar refractivity (Wildman–Crippen MR) is 81.4 cm³/mol. The maximum absolute atomic E-state index is 10.9. The molecule has 1 aromatic rings. The molecule has 0 bridgehead atoms. The van der Waals surface area contributed by atoms with Crippen LogP contribution in [0.1, 0.15) is 57.6 Å². The summed E-state index contributed by atoms with van der Waals surface area (Å²) in [5.74, 6) is -0.323. The number of carbonyl (C=O) groups is 1. The Morgan fingerprint density at radius 3 is 1.80 bits per heavy atom. The normalized spacial score (nSPS) is 11.1. The van der Waals surface area contributed by atoms with E-state index in [1.165, 1.54) is 6.92 Å². The fourth-order valence-corrected chi connectivity index (χ4v) is 1.86. The van der Waals surface area contributed by atoms with E-state index in [0.717, 1.165) is 16.8 Å². The van der Waals surface area contributed by atoms with Crippen LogP contribution in [-0.2, 0) is 21.3 Å². The van der Waals surface area contributed by atoms with Crippen LogP contribution in [0.15, 0.2) is 23.2 Å². The zero-order valence-corrected chi connectivity index (χ0v) is 14.0. The smallest absolute Gasteiger partial charge is 0.349 e. The number of hydrogen-bond donors (Lipinski definition) is 1. The van der Waals surface area contributed by atoms with Crippen molar-refractivity contribution in [2.75, 3.05) is 0 Å². The first kappa shape index (κ1) is 21.2. The first-order chi connectivity index (χ1) is 8.34. The number of carboxylic acids is 1. The maximum atomic E-state index is 10.9. The molecule has 0 spiro atoms. The standard InChI is InChI=1S/C15H21NO2.CH3.Ni/c1-9(2)12-7-6-8-13(10(3)4)14(12)16-11(5)15(17)18;;/h6-10H,1-5H3,(H,17,18);1H3;/q;-1;. The summed E-state index contributed by atoms with van der Waals surface area (Å²) in [4.78, 5) is 15.3. The van der Waals surface area contributed by atoms with E-state index < -0.39 is 5.97 Å². The third-order valence-electron chi connectivity index (χ3n) is 2.93. The Kier molecular flexibility index (Phi) is 9.43. The van der Waals surface area contributed by atoms with Crippen LogP contribution in [0.5, 0.6) is 0 Å². The minimum Gasteiger partial charge on any atom is -0.477 e. The van der Waals surface area contributed by atoms with Crippen molar-refractivity contribution in [2.24, 2.45) is 4.99 Å². The van der Waals surface area contributed by atoms with Gasteiger partial charge in [0.05, 0.1) is 5.69 Å². The zero-order valence-electron chi connectivity index (χ0n) is 13.0. The molecule has 1 N–H and O–H groups in total. The van der Waals surface area contributed by atoms with Crippen molar-refractivity contribution in [3.8, 4) is 0 Å². The van der Waals surface area contributed by atoms with E-state index in [0.29, 0.717) is 11.8 Å². The topological polar surface area (TPSA) is 49.7 Å². The number of nitrogens with zero attached hydrogens (tertiary/aromatic N) is 1. The zero-order chi connectivity index (χ0) is 13.9. The molecular formula is C16H24NNiO2-. The number of para-hydroxylation sites is 1. The van der Waals surface area contributed by atoms with Crippen molar-refractivity contribution in [1.82, 2.24) is 0 Å². The van der Waals surface area contributed by atoms with Gasteiger partial charge in [-0.05, 0) is 29.9 Å². The van der Waals surface area contributed by atoms with Gasteiger partial charge in [0.25, 0.3) is 0 Å². The summed E-state index contributed by atoms with van der Waals surface area (Å²) in [5, 5.41) is 8.97. The second-order valence-corrected chi connectivity index (χ2v) is 5.10. The molecule has 0 atom stereocenters. The molecule has 0 aliphatic rings. The molecule has 1 aromatic carbocycles. The summed E-state index contributed by atoms with van der Waals surface area (Å²) in [7, 11) is 0. The van der Waals surface area contributed by atoms with Crippen LogP contribution in [0.4, 0.5) is 5.69 Å². The average Bonchev–Trinajstić information content (AvgIpc) is 2.28. The summed E-state index contributed by atoms with van der Waals surface area (Å²) >= 11 is 0. The molecule has 0 saturated carbocycles. The van der Waals surface area contributed by atoms with Gasteiger partial charge in [0, 0.05) is 16.5 Å². The van der Waals surface area contributed by atoms with Crippen LogP contribution in [0.3, 0.4) is 0 Å². The van der Waals surface area contributed by atoms with E-state index in [4.69, 9.17) is 5.11 Å². The summed E-state index contributed by atoms with van der Waals surface area (Å²) in [6.07, 6.45) is 0. The summed E-state index contributed by atoms with van der Waals surface area (Å²) in [6.45, 7) is 9.90. The quantitative estimate of drug-likeness (QED) is 0.502. The molecule has 0 aromatic heterocycles. The first-order valence-corrected chi connectivity index (χ1v) is 6.26. The van der Waals surface area contributed by atoms with E-state index in [9.17, 15) is 4.79 Å². The van der Waals surface area contributed by atoms with Gasteiger partial charge in [-0.15, -0.1) is 0 Å². The van der Waals surface area contributed by atoms with Gasteiger partial charge in [0.1, 0.15) is 5.71 Å². The van der Waals surface area contributed by atoms with E-state index in [2.05, 4.69) is 32.7 Å². The summed E-state index contributed by atoms with van der Waals surface area (Å²) < 4.78 is 0. The van der Waals surface area contributed by atoms with Crippen LogP contribution < -0.4 is 0 Å². The number of aliphatic carboxylic acids is 1. The predicted octanol–water partition coefficient (Wildman–Crippen LogP) is 4.56. The molecule has 0 fully saturated rings. The number of rotatable bonds is 4. The van der Waals surface area contributed by atoms with Gasteiger partial charge >= 0.3 is 5.97 Å². The molecule has 4 heteroatoms. The third kappa shape index (κ3) is 5.09. The third-order valence-corrected chi connectivity index (χ3v) is 2.93. The molecular weight excluding hydrogens is 297 g/mol. The molecule has 3 nitrogen and oxygen atoms in total. The molecule has 0 amide bonds. The Bertz CT molecular complexity index is 453. The molecule has 0 radical (unpaired) electrons. The van der Waals surface area contributed by atoms with Crippen LogP contribution >= 0.6 is 0 Å². The number of benzene rings is 1. The van der Waals surface area contributed by atoms with Crippen molar-refractivity contribution >= 4 is 17.4 Å². The second-order valence-electron chi connectivity index (χ2n) is 5.10. The first-order valence-electron chi connectivity index (χ1n) is 6.26. The van der Waals surface area contributed by atoms with Crippen molar-refractivity contribution in [1.29, 1.82) is 0 Å². The monoisotopic (exact) mass is 320 g/mol. The van der Waals surface area contributed by atoms with Crippen LogP contribution in [0, 0.1) is 7.43 Å². The van der Waals surface area contributed by atoms with Gasteiger partial charge < -0.3 is 12.5 Å². The number of hydrogen-bond acceptors (Lipinski definition) is 2. The van der Waals surface area contributed by atoms with Crippen molar-refractivity contribution in [3.63, 3.8) is 0 Å². The van der Waals surface area contributed by atoms with Gasteiger partial charge in [0.15, 0.2) is 0 Å². The van der Waals surface area contributed by atoms with Gasteiger partial charge in [-0.3, -0.25) is 0 Å². The fraction of sp³-hybridized carbons (Fsp3) is 0.438. The summed E-state index contributed by atoms with van der Waals surface area (Å²) in [5.41, 5.74) is 3.15. The van der Waals surface area contributed by atoms with Crippen molar-refractivity contribution < 1.29 is 26.4 Å². The van der Waals surface area contributed by atoms with E-state index in [1.54, 1.807) is 0 Å². The Labute approximate surface area is 132 Å². The Balaban J connectivity index is 0. The van der Waals surface area contributed by atoms with Crippen molar-refractivity contribution in [3.05, 3.63) is 36.8 Å². The SMILES string of the molecule is CC(=Nc1c(C(C)C)cccc1C(C)C)C(=O)O.[CH3-].[Ni]. The average molecular weight is 321 g/mol. The van der Waals surface area contributed by atoms with Gasteiger partial charge in [-0.1, -0.05) is 45.9 Å². The van der Waals surface area contributed by atoms with Gasteiger partial charge in [0.2, 0.25) is 0 Å². The molecule has 0 saturated heterocycles. The summed E-state index contributed by atoms with van der Waals surface area (Å²) in [6, 6.07) is 6.05. The molecule has 0 unspecified atom stereocenters. The van der Waals surface area contributed by atoms with Crippen LogP contribution in [-0.4, -0.2) is 16.8 Å². The van der Waals surface area contributed by atoms with Crippen LogP contribution in [0.2, 0.25) is 0 Å². The van der Waals surface area contributed by atoms with Crippen molar-refractivity contribution in [2.45, 2.75) is 46.5 Å². The van der Waals surface area contributed by atoms with E-state index >= 15 is 0 Å². The van der Waals surface area contributed by atoms with E-state index in [-0.39, 0.29) is 29.6 Å². The van der Waals surface area contributed by atoms with Gasteiger partial charge in [-0.25, -0.2) is 9.79 Å². The number of carboxylic acid groups (broad SMARTS) is 1. The minimum absolute atomic E-state index is 0. The van der Waals surface area contributed by atoms with Gasteiger partial charge in [-0.2, -0.15) is 0 Å². The second kappa shape index (κ2) is 8.91. The van der Waals surface area contributed by atoms with Crippen LogP contribution in [0.25, 0.3) is 0 Å². The minimum atomic E-state index is -0.969. The Morgan fingerprint density at radius 2 is 1.50 bits per heavy atom. The molecule has 0 heterocycles. The van der Waals surface area contributed by atoms with E-state index in [1.807, 2.05) is 18.2 Å². The molecule has 116 valence electrons. The maximum Gasteiger partial charge on any atom is 0.349 e. The molecule has 1 rings (SSSR count). The molecule has 0 aliphatic heterocycles. The Morgan fingerprint density at radius 1 is 1.10 bits per heavy atom. The molecule has 0 aliphatic carbocycles. The molecule has 20 heavy (non-hydrogen) atoms. The largest absolute Gasteiger partial charge is 0.477 e. The Hall–Kier alpha value is -1.15.